The Kier molecular flexibility index (Phi) is 4.63. The van der Waals surface area contributed by atoms with E-state index < -0.39 is 11.8 Å². The van der Waals surface area contributed by atoms with Gasteiger partial charge in [-0.1, -0.05) is 20.4 Å². The fourth-order valence-corrected chi connectivity index (χ4v) is 4.41. The number of halogens is 2. The summed E-state index contributed by atoms with van der Waals surface area (Å²) >= 11 is 0. The molecule has 1 aliphatic heterocycles. The summed E-state index contributed by atoms with van der Waals surface area (Å²) in [6.07, 6.45) is 5.92. The summed E-state index contributed by atoms with van der Waals surface area (Å²) in [5, 5.41) is 4.02. The van der Waals surface area contributed by atoms with Crippen molar-refractivity contribution in [1.29, 1.82) is 0 Å². The molecule has 1 unspecified atom stereocenters. The molecule has 2 aliphatic rings. The van der Waals surface area contributed by atoms with Crippen molar-refractivity contribution in [3.8, 4) is 0 Å². The predicted molar refractivity (Wildman–Crippen MR) is 108 cm³/mol. The van der Waals surface area contributed by atoms with Crippen LogP contribution in [-0.4, -0.2) is 49.8 Å². The molecule has 6 nitrogen and oxygen atoms in total. The fraction of sp³-hybridized carbons (Fsp3) is 0.571. The van der Waals surface area contributed by atoms with E-state index in [4.69, 9.17) is 0 Å². The second-order valence-corrected chi connectivity index (χ2v) is 8.75. The van der Waals surface area contributed by atoms with Gasteiger partial charge in [0, 0.05) is 30.7 Å². The number of hydrogen-bond acceptors (Lipinski definition) is 4. The number of rotatable bonds is 5. The molecule has 4 rings (SSSR count). The molecular formula is C21H27F2N5O. The van der Waals surface area contributed by atoms with Gasteiger partial charge in [-0.15, -0.1) is 0 Å². The van der Waals surface area contributed by atoms with Crippen LogP contribution in [0.4, 0.5) is 14.6 Å². The number of aromatic amines is 1. The zero-order valence-electron chi connectivity index (χ0n) is 17.0. The highest BCUT2D eigenvalue weighted by Gasteiger charge is 2.58. The lowest BCUT2D eigenvalue weighted by Crippen LogP contribution is -2.59. The molecule has 0 radical (unpaired) electrons. The fourth-order valence-electron chi connectivity index (χ4n) is 4.41. The molecule has 0 aromatic carbocycles. The van der Waals surface area contributed by atoms with Gasteiger partial charge in [-0.2, -0.15) is 0 Å². The molecule has 2 N–H and O–H groups in total. The third-order valence-corrected chi connectivity index (χ3v) is 6.75. The van der Waals surface area contributed by atoms with Gasteiger partial charge in [0.2, 0.25) is 5.91 Å². The van der Waals surface area contributed by atoms with Gasteiger partial charge in [0.05, 0.1) is 11.3 Å². The number of amides is 1. The van der Waals surface area contributed by atoms with E-state index in [0.29, 0.717) is 34.9 Å². The van der Waals surface area contributed by atoms with Crippen molar-refractivity contribution in [2.45, 2.75) is 63.5 Å². The van der Waals surface area contributed by atoms with Crippen molar-refractivity contribution >= 4 is 22.8 Å². The van der Waals surface area contributed by atoms with Gasteiger partial charge in [0.25, 0.3) is 5.92 Å². The molecule has 0 bridgehead atoms. The minimum atomic E-state index is -2.67. The van der Waals surface area contributed by atoms with Gasteiger partial charge in [-0.25, -0.2) is 18.7 Å². The lowest BCUT2D eigenvalue weighted by Gasteiger charge is -2.50. The Morgan fingerprint density at radius 3 is 2.79 bits per heavy atom. The van der Waals surface area contributed by atoms with Crippen molar-refractivity contribution < 1.29 is 13.6 Å². The summed E-state index contributed by atoms with van der Waals surface area (Å²) in [5.74, 6) is -2.72. The maximum absolute atomic E-state index is 13.7. The predicted octanol–water partition coefficient (Wildman–Crippen LogP) is 4.08. The van der Waals surface area contributed by atoms with E-state index in [1.54, 1.807) is 6.20 Å². The molecule has 2 aromatic rings. The van der Waals surface area contributed by atoms with Crippen molar-refractivity contribution in [1.82, 2.24) is 19.9 Å². The number of aromatic nitrogens is 3. The molecule has 1 saturated heterocycles. The van der Waals surface area contributed by atoms with Crippen molar-refractivity contribution in [2.75, 3.05) is 11.9 Å². The Morgan fingerprint density at radius 1 is 1.45 bits per heavy atom. The number of nitrogens with one attached hydrogen (secondary N) is 2. The number of hydrogen-bond donors (Lipinski definition) is 2. The molecule has 3 heterocycles. The molecule has 3 atom stereocenters. The molecule has 8 heteroatoms. The van der Waals surface area contributed by atoms with Crippen molar-refractivity contribution in [3.63, 3.8) is 0 Å². The van der Waals surface area contributed by atoms with E-state index in [1.807, 2.05) is 4.90 Å². The quantitative estimate of drug-likeness (QED) is 0.738. The maximum atomic E-state index is 13.7. The molecule has 2 fully saturated rings. The summed E-state index contributed by atoms with van der Waals surface area (Å²) in [6.45, 7) is 10.5. The maximum Gasteiger partial charge on any atom is 0.256 e. The van der Waals surface area contributed by atoms with Crippen LogP contribution in [0.3, 0.4) is 0 Å². The number of fused-ring (bicyclic) bond motifs is 1. The average Bonchev–Trinajstić information content (AvgIpc) is 3.11. The molecule has 156 valence electrons. The highest BCUT2D eigenvalue weighted by atomic mass is 19.3. The van der Waals surface area contributed by atoms with Crippen LogP contribution in [-0.2, 0) is 4.79 Å². The zero-order valence-corrected chi connectivity index (χ0v) is 17.0. The Bertz CT molecular complexity index is 956. The second kappa shape index (κ2) is 6.78. The average molecular weight is 403 g/mol. The van der Waals surface area contributed by atoms with Crippen LogP contribution in [0.1, 0.15) is 51.5 Å². The number of piperidine rings is 1. The topological polar surface area (TPSA) is 73.9 Å². The standard InChI is InChI=1S/C21H27F2N5O/c1-5-16(29)28-10-13(6-7-20(28,4)12(2)3)27-19-17-14(15-8-21(15,22)23)9-24-18(17)25-11-26-19/h5,9,11-13,15H,1,6-8,10H2,2-4H3,(H2,24,25,26,27)/t13?,15-,20+/m0/s1. The molecule has 0 spiro atoms. The minimum absolute atomic E-state index is 0.0358. The first kappa shape index (κ1) is 19.8. The Labute approximate surface area is 168 Å². The second-order valence-electron chi connectivity index (χ2n) is 8.75. The number of carbonyl (C=O) groups excluding carboxylic acids is 1. The molecule has 2 aromatic heterocycles. The Hall–Kier alpha value is -2.51. The van der Waals surface area contributed by atoms with Crippen molar-refractivity contribution in [3.05, 3.63) is 30.7 Å². The third-order valence-electron chi connectivity index (χ3n) is 6.75. The lowest BCUT2D eigenvalue weighted by atomic mass is 9.78. The van der Waals surface area contributed by atoms with E-state index in [1.165, 1.54) is 12.4 Å². The first-order valence-electron chi connectivity index (χ1n) is 10.1. The lowest BCUT2D eigenvalue weighted by molar-refractivity contribution is -0.136. The first-order valence-corrected chi connectivity index (χ1v) is 10.1. The molecular weight excluding hydrogens is 376 g/mol. The minimum Gasteiger partial charge on any atom is -0.365 e. The number of carbonyl (C=O) groups is 1. The van der Waals surface area contributed by atoms with Gasteiger partial charge in [-0.3, -0.25) is 4.79 Å². The number of nitrogens with zero attached hydrogens (tertiary/aromatic N) is 3. The molecule has 1 amide bonds. The van der Waals surface area contributed by atoms with E-state index in [2.05, 4.69) is 47.6 Å². The van der Waals surface area contributed by atoms with Gasteiger partial charge >= 0.3 is 0 Å². The third kappa shape index (κ3) is 3.28. The molecule has 1 aliphatic carbocycles. The summed E-state index contributed by atoms with van der Waals surface area (Å²) < 4.78 is 27.4. The summed E-state index contributed by atoms with van der Waals surface area (Å²) in [5.41, 5.74) is 0.844. The monoisotopic (exact) mass is 403 g/mol. The summed E-state index contributed by atoms with van der Waals surface area (Å²) in [6, 6.07) is -0.0358. The van der Waals surface area contributed by atoms with Crippen molar-refractivity contribution in [2.24, 2.45) is 5.92 Å². The van der Waals surface area contributed by atoms with Crippen LogP contribution in [0, 0.1) is 5.92 Å². The first-order chi connectivity index (χ1) is 13.7. The number of anilines is 1. The van der Waals surface area contributed by atoms with Gasteiger partial charge in [-0.05, 0) is 37.3 Å². The normalized spacial score (nSPS) is 28.6. The number of likely N-dealkylation sites (tertiary alicyclic amines) is 1. The van der Waals surface area contributed by atoms with E-state index in [9.17, 15) is 13.6 Å². The van der Waals surface area contributed by atoms with Crippen LogP contribution in [0.25, 0.3) is 11.0 Å². The van der Waals surface area contributed by atoms with Gasteiger partial charge in [0.1, 0.15) is 17.8 Å². The number of H-pyrrole nitrogens is 1. The Morgan fingerprint density at radius 2 is 2.17 bits per heavy atom. The smallest absolute Gasteiger partial charge is 0.256 e. The Balaban J connectivity index is 1.62. The van der Waals surface area contributed by atoms with Gasteiger partial charge < -0.3 is 15.2 Å². The van der Waals surface area contributed by atoms with Crippen LogP contribution < -0.4 is 5.32 Å². The van der Waals surface area contributed by atoms with Crippen LogP contribution >= 0.6 is 0 Å². The van der Waals surface area contributed by atoms with Crippen LogP contribution in [0.2, 0.25) is 0 Å². The van der Waals surface area contributed by atoms with Gasteiger partial charge in [0.15, 0.2) is 0 Å². The SMILES string of the molecule is C=CC(=O)N1CC(Nc2ncnc3[nH]cc([C@@H]4CC4(F)F)c23)CC[C@]1(C)C(C)C. The molecule has 1 saturated carbocycles. The number of alkyl halides is 2. The largest absolute Gasteiger partial charge is 0.365 e. The summed E-state index contributed by atoms with van der Waals surface area (Å²) in [4.78, 5) is 25.9. The van der Waals surface area contributed by atoms with E-state index in [0.717, 1.165) is 12.8 Å². The highest BCUT2D eigenvalue weighted by molar-refractivity contribution is 5.91. The van der Waals surface area contributed by atoms with Crippen LogP contribution in [0.5, 0.6) is 0 Å². The van der Waals surface area contributed by atoms with E-state index >= 15 is 0 Å². The highest BCUT2D eigenvalue weighted by Crippen LogP contribution is 2.57. The zero-order chi connectivity index (χ0) is 21.0. The van der Waals surface area contributed by atoms with E-state index in [-0.39, 0.29) is 23.9 Å². The summed E-state index contributed by atoms with van der Waals surface area (Å²) in [7, 11) is 0. The molecule has 29 heavy (non-hydrogen) atoms. The van der Waals surface area contributed by atoms with Crippen LogP contribution in [0.15, 0.2) is 25.2 Å².